The molecule has 0 aromatic heterocycles. The second-order valence-corrected chi connectivity index (χ2v) is 10.3. The van der Waals surface area contributed by atoms with Gasteiger partial charge in [-0.15, -0.1) is 0 Å². The SMILES string of the molecule is CCCCCCC(CCCCCC)C(CCCCCC)(CCCCCC)P=O. The van der Waals surface area contributed by atoms with Crippen molar-refractivity contribution in [3.05, 3.63) is 0 Å². The van der Waals surface area contributed by atoms with Gasteiger partial charge in [0, 0.05) is 0 Å². The number of hydrogen-bond acceptors (Lipinski definition) is 1. The Morgan fingerprint density at radius 2 is 0.893 bits per heavy atom. The van der Waals surface area contributed by atoms with Gasteiger partial charge >= 0.3 is 0 Å². The smallest absolute Gasteiger partial charge is 0.162 e. The molecular weight excluding hydrogens is 359 g/mol. The Morgan fingerprint density at radius 1 is 0.536 bits per heavy atom. The van der Waals surface area contributed by atoms with Gasteiger partial charge in [-0.25, -0.2) is 0 Å². The second kappa shape index (κ2) is 20.4. The first kappa shape index (κ1) is 28.1. The van der Waals surface area contributed by atoms with Gasteiger partial charge in [0.2, 0.25) is 0 Å². The minimum Gasteiger partial charge on any atom is -0.274 e. The first-order chi connectivity index (χ1) is 13.7. The molecule has 0 bridgehead atoms. The molecule has 1 nitrogen and oxygen atoms in total. The van der Waals surface area contributed by atoms with Crippen molar-refractivity contribution in [3.8, 4) is 0 Å². The van der Waals surface area contributed by atoms with Crippen LogP contribution in [0.4, 0.5) is 0 Å². The van der Waals surface area contributed by atoms with Crippen molar-refractivity contribution >= 4 is 8.46 Å². The average molecular weight is 413 g/mol. The maximum atomic E-state index is 12.7. The molecule has 0 amide bonds. The Labute approximate surface area is 180 Å². The van der Waals surface area contributed by atoms with Gasteiger partial charge < -0.3 is 0 Å². The van der Waals surface area contributed by atoms with Crippen LogP contribution in [0.2, 0.25) is 0 Å². The summed E-state index contributed by atoms with van der Waals surface area (Å²) in [5.41, 5.74) is 0. The van der Waals surface area contributed by atoms with Crippen molar-refractivity contribution in [3.63, 3.8) is 0 Å². The first-order valence-electron chi connectivity index (χ1n) is 13.0. The molecule has 0 saturated carbocycles. The third-order valence-electron chi connectivity index (χ3n) is 6.68. The van der Waals surface area contributed by atoms with E-state index in [1.165, 1.54) is 128 Å². The van der Waals surface area contributed by atoms with Crippen LogP contribution in [0.25, 0.3) is 0 Å². The minimum atomic E-state index is 0.0694. The summed E-state index contributed by atoms with van der Waals surface area (Å²) in [6, 6.07) is 0. The molecule has 0 N–H and O–H groups in total. The van der Waals surface area contributed by atoms with Gasteiger partial charge in [0.1, 0.15) is 0 Å². The molecule has 0 unspecified atom stereocenters. The summed E-state index contributed by atoms with van der Waals surface area (Å²) < 4.78 is 12.7. The lowest BCUT2D eigenvalue weighted by atomic mass is 9.77. The summed E-state index contributed by atoms with van der Waals surface area (Å²) in [5.74, 6) is 0.670. The van der Waals surface area contributed by atoms with Crippen LogP contribution in [-0.4, -0.2) is 5.16 Å². The Balaban J connectivity index is 5.07. The van der Waals surface area contributed by atoms with Gasteiger partial charge in [-0.1, -0.05) is 130 Å². The molecule has 0 heterocycles. The minimum absolute atomic E-state index is 0.0694. The summed E-state index contributed by atoms with van der Waals surface area (Å²) in [7, 11) is 0.458. The Kier molecular flexibility index (Phi) is 20.4. The van der Waals surface area contributed by atoms with Crippen LogP contribution in [0.1, 0.15) is 156 Å². The quantitative estimate of drug-likeness (QED) is 0.128. The maximum Gasteiger partial charge on any atom is 0.162 e. The van der Waals surface area contributed by atoms with Crippen molar-refractivity contribution in [2.45, 2.75) is 161 Å². The molecule has 0 aromatic carbocycles. The summed E-state index contributed by atoms with van der Waals surface area (Å²) in [5, 5.41) is 0.0694. The van der Waals surface area contributed by atoms with Crippen molar-refractivity contribution in [1.82, 2.24) is 0 Å². The van der Waals surface area contributed by atoms with Crippen molar-refractivity contribution in [2.75, 3.05) is 0 Å². The predicted molar refractivity (Wildman–Crippen MR) is 129 cm³/mol. The Bertz CT molecular complexity index is 304. The molecule has 0 aliphatic heterocycles. The molecule has 168 valence electrons. The van der Waals surface area contributed by atoms with E-state index < -0.39 is 0 Å². The fourth-order valence-corrected chi connectivity index (χ4v) is 5.64. The lowest BCUT2D eigenvalue weighted by Crippen LogP contribution is -2.33. The van der Waals surface area contributed by atoms with Gasteiger partial charge in [-0.3, -0.25) is 4.57 Å². The maximum absolute atomic E-state index is 12.7. The van der Waals surface area contributed by atoms with E-state index >= 15 is 0 Å². The van der Waals surface area contributed by atoms with Crippen LogP contribution in [-0.2, 0) is 4.57 Å². The number of hydrogen-bond donors (Lipinski definition) is 0. The van der Waals surface area contributed by atoms with E-state index in [0.717, 1.165) is 0 Å². The van der Waals surface area contributed by atoms with Crippen LogP contribution in [0.3, 0.4) is 0 Å². The van der Waals surface area contributed by atoms with Crippen LogP contribution in [0.15, 0.2) is 0 Å². The Hall–Kier alpha value is 0.100. The van der Waals surface area contributed by atoms with Crippen LogP contribution >= 0.6 is 8.46 Å². The standard InChI is InChI=1S/C26H53OP/c1-5-9-13-17-21-25(22-18-14-10-6-2)26(28-27,23-19-15-11-7-3)24-20-16-12-8-4/h25H,5-24H2,1-4H3. The van der Waals surface area contributed by atoms with Crippen LogP contribution in [0.5, 0.6) is 0 Å². The molecular formula is C26H53OP. The molecule has 0 aliphatic carbocycles. The van der Waals surface area contributed by atoms with E-state index in [9.17, 15) is 4.57 Å². The Morgan fingerprint density at radius 3 is 1.21 bits per heavy atom. The fourth-order valence-electron chi connectivity index (χ4n) is 4.73. The third-order valence-corrected chi connectivity index (χ3v) is 7.86. The molecule has 0 saturated heterocycles. The summed E-state index contributed by atoms with van der Waals surface area (Å²) in [6.45, 7) is 9.16. The molecule has 0 spiro atoms. The highest BCUT2D eigenvalue weighted by atomic mass is 31.1. The first-order valence-corrected chi connectivity index (χ1v) is 13.9. The monoisotopic (exact) mass is 412 g/mol. The number of rotatable bonds is 22. The average Bonchev–Trinajstić information content (AvgIpc) is 2.72. The van der Waals surface area contributed by atoms with Gasteiger partial charge in [-0.05, 0) is 31.6 Å². The molecule has 0 radical (unpaired) electrons. The van der Waals surface area contributed by atoms with E-state index in [4.69, 9.17) is 0 Å². The molecule has 0 aromatic rings. The number of unbranched alkanes of at least 4 members (excludes halogenated alkanes) is 12. The molecule has 0 fully saturated rings. The zero-order chi connectivity index (χ0) is 20.9. The molecule has 0 atom stereocenters. The predicted octanol–water partition coefficient (Wildman–Crippen LogP) is 10.5. The molecule has 0 aliphatic rings. The lowest BCUT2D eigenvalue weighted by molar-refractivity contribution is 0.263. The van der Waals surface area contributed by atoms with Gasteiger partial charge in [0.15, 0.2) is 8.46 Å². The highest BCUT2D eigenvalue weighted by molar-refractivity contribution is 7.26. The molecule has 2 heteroatoms. The van der Waals surface area contributed by atoms with Crippen molar-refractivity contribution in [2.24, 2.45) is 5.92 Å². The zero-order valence-electron chi connectivity index (χ0n) is 20.1. The van der Waals surface area contributed by atoms with E-state index in [0.29, 0.717) is 14.4 Å². The van der Waals surface area contributed by atoms with Crippen molar-refractivity contribution < 1.29 is 4.57 Å². The van der Waals surface area contributed by atoms with Crippen LogP contribution < -0.4 is 0 Å². The highest BCUT2D eigenvalue weighted by Gasteiger charge is 2.38. The lowest BCUT2D eigenvalue weighted by Gasteiger charge is -2.36. The van der Waals surface area contributed by atoms with Crippen molar-refractivity contribution in [1.29, 1.82) is 0 Å². The van der Waals surface area contributed by atoms with E-state index in [2.05, 4.69) is 27.7 Å². The normalized spacial score (nSPS) is 12.3. The van der Waals surface area contributed by atoms with E-state index in [1.54, 1.807) is 0 Å². The summed E-state index contributed by atoms with van der Waals surface area (Å²) in [6.07, 6.45) is 26.2. The van der Waals surface area contributed by atoms with E-state index in [1.807, 2.05) is 0 Å². The fraction of sp³-hybridized carbons (Fsp3) is 1.00. The molecule has 28 heavy (non-hydrogen) atoms. The summed E-state index contributed by atoms with van der Waals surface area (Å²) >= 11 is 0. The third kappa shape index (κ3) is 13.3. The van der Waals surface area contributed by atoms with E-state index in [-0.39, 0.29) is 5.16 Å². The zero-order valence-corrected chi connectivity index (χ0v) is 21.0. The summed E-state index contributed by atoms with van der Waals surface area (Å²) in [4.78, 5) is 0. The molecule has 0 rings (SSSR count). The topological polar surface area (TPSA) is 17.1 Å². The highest BCUT2D eigenvalue weighted by Crippen LogP contribution is 2.46. The largest absolute Gasteiger partial charge is 0.274 e. The van der Waals surface area contributed by atoms with Gasteiger partial charge in [0.05, 0.1) is 5.16 Å². The van der Waals surface area contributed by atoms with Gasteiger partial charge in [0.25, 0.3) is 0 Å². The second-order valence-electron chi connectivity index (χ2n) is 9.21. The van der Waals surface area contributed by atoms with Gasteiger partial charge in [-0.2, -0.15) is 0 Å². The van der Waals surface area contributed by atoms with Crippen LogP contribution in [0, 0.1) is 5.92 Å².